The maximum atomic E-state index is 12.3. The molecule has 140 valence electrons. The number of amides is 2. The normalized spacial score (nSPS) is 23.3. The number of ether oxygens (including phenoxy) is 1. The number of carbonyl (C=O) groups is 2. The minimum atomic E-state index is -0.324. The number of nitrogens with zero attached hydrogens (tertiary/aromatic N) is 4. The first-order valence-electron chi connectivity index (χ1n) is 9.64. The summed E-state index contributed by atoms with van der Waals surface area (Å²) in [6, 6.07) is 0. The molecule has 7 nitrogen and oxygen atoms in total. The van der Waals surface area contributed by atoms with Crippen molar-refractivity contribution in [2.75, 3.05) is 24.5 Å². The number of likely N-dealkylation sites (tertiary alicyclic amines) is 1. The van der Waals surface area contributed by atoms with Crippen molar-refractivity contribution < 1.29 is 14.3 Å². The Kier molecular flexibility index (Phi) is 4.54. The Morgan fingerprint density at radius 2 is 1.88 bits per heavy atom. The molecule has 1 saturated carbocycles. The maximum absolute atomic E-state index is 12.3. The van der Waals surface area contributed by atoms with E-state index >= 15 is 0 Å². The van der Waals surface area contributed by atoms with Crippen LogP contribution in [0.3, 0.4) is 0 Å². The molecule has 3 fully saturated rings. The summed E-state index contributed by atoms with van der Waals surface area (Å²) >= 11 is 0. The number of anilines is 1. The average Bonchev–Trinajstić information content (AvgIpc) is 2.98. The quantitative estimate of drug-likeness (QED) is 0.812. The van der Waals surface area contributed by atoms with Gasteiger partial charge in [0, 0.05) is 25.9 Å². The summed E-state index contributed by atoms with van der Waals surface area (Å²) in [6.07, 6.45) is 10.3. The topological polar surface area (TPSA) is 75.6 Å². The van der Waals surface area contributed by atoms with Gasteiger partial charge in [0.15, 0.2) is 5.82 Å². The summed E-state index contributed by atoms with van der Waals surface area (Å²) in [4.78, 5) is 36.3. The Bertz CT molecular complexity index is 677. The molecule has 2 saturated heterocycles. The van der Waals surface area contributed by atoms with Crippen LogP contribution in [0.5, 0.6) is 0 Å². The van der Waals surface area contributed by atoms with Crippen molar-refractivity contribution in [3.05, 3.63) is 18.1 Å². The monoisotopic (exact) mass is 358 g/mol. The van der Waals surface area contributed by atoms with E-state index in [9.17, 15) is 9.59 Å². The van der Waals surface area contributed by atoms with Crippen molar-refractivity contribution in [1.29, 1.82) is 0 Å². The highest BCUT2D eigenvalue weighted by molar-refractivity contribution is 5.89. The smallest absolute Gasteiger partial charge is 0.416 e. The van der Waals surface area contributed by atoms with Crippen molar-refractivity contribution in [2.24, 2.45) is 0 Å². The van der Waals surface area contributed by atoms with Gasteiger partial charge in [-0.15, -0.1) is 0 Å². The molecular formula is C19H26N4O3. The van der Waals surface area contributed by atoms with Gasteiger partial charge >= 0.3 is 6.09 Å². The Balaban J connectivity index is 1.42. The van der Waals surface area contributed by atoms with Crippen LogP contribution in [0.25, 0.3) is 0 Å². The van der Waals surface area contributed by atoms with Gasteiger partial charge in [0.05, 0.1) is 24.6 Å². The molecule has 1 aromatic heterocycles. The minimum Gasteiger partial charge on any atom is -0.441 e. The Morgan fingerprint density at radius 1 is 1.15 bits per heavy atom. The third kappa shape index (κ3) is 3.27. The lowest BCUT2D eigenvalue weighted by Gasteiger charge is -2.31. The fourth-order valence-corrected chi connectivity index (χ4v) is 4.43. The molecular weight excluding hydrogens is 332 g/mol. The molecule has 2 aliphatic heterocycles. The second-order valence-electron chi connectivity index (χ2n) is 7.78. The van der Waals surface area contributed by atoms with E-state index in [0.29, 0.717) is 18.3 Å². The highest BCUT2D eigenvalue weighted by Gasteiger charge is 2.46. The van der Waals surface area contributed by atoms with Crippen molar-refractivity contribution in [1.82, 2.24) is 14.9 Å². The van der Waals surface area contributed by atoms with Gasteiger partial charge in [-0.2, -0.15) is 0 Å². The first-order chi connectivity index (χ1) is 12.6. The lowest BCUT2D eigenvalue weighted by atomic mass is 9.85. The van der Waals surface area contributed by atoms with Crippen molar-refractivity contribution in [3.8, 4) is 0 Å². The van der Waals surface area contributed by atoms with Crippen LogP contribution in [0, 0.1) is 0 Å². The highest BCUT2D eigenvalue weighted by atomic mass is 16.6. The minimum absolute atomic E-state index is 0.133. The van der Waals surface area contributed by atoms with E-state index in [1.54, 1.807) is 24.2 Å². The first kappa shape index (κ1) is 17.2. The van der Waals surface area contributed by atoms with Crippen molar-refractivity contribution >= 4 is 17.8 Å². The molecule has 3 heterocycles. The molecule has 7 heteroatoms. The average molecular weight is 358 g/mol. The van der Waals surface area contributed by atoms with E-state index in [4.69, 9.17) is 4.74 Å². The summed E-state index contributed by atoms with van der Waals surface area (Å²) in [6.45, 7) is 3.73. The van der Waals surface area contributed by atoms with Gasteiger partial charge in [0.2, 0.25) is 5.91 Å². The number of hydrogen-bond acceptors (Lipinski definition) is 5. The number of aromatic nitrogens is 2. The third-order valence-corrected chi connectivity index (χ3v) is 6.03. The van der Waals surface area contributed by atoms with Crippen LogP contribution in [0.4, 0.5) is 10.6 Å². The summed E-state index contributed by atoms with van der Waals surface area (Å²) < 4.78 is 5.72. The molecule has 0 N–H and O–H groups in total. The van der Waals surface area contributed by atoms with Gasteiger partial charge in [0.25, 0.3) is 0 Å². The zero-order valence-electron chi connectivity index (χ0n) is 15.3. The second kappa shape index (κ2) is 6.85. The fourth-order valence-electron chi connectivity index (χ4n) is 4.43. The zero-order valence-corrected chi connectivity index (χ0v) is 15.3. The lowest BCUT2D eigenvalue weighted by Crippen LogP contribution is -2.37. The molecule has 0 unspecified atom stereocenters. The fraction of sp³-hybridized carbons (Fsp3) is 0.684. The van der Waals surface area contributed by atoms with Crippen LogP contribution in [0.2, 0.25) is 0 Å². The van der Waals surface area contributed by atoms with Crippen LogP contribution in [0.15, 0.2) is 12.4 Å². The second-order valence-corrected chi connectivity index (χ2v) is 7.78. The van der Waals surface area contributed by atoms with E-state index in [-0.39, 0.29) is 17.6 Å². The van der Waals surface area contributed by atoms with Gasteiger partial charge in [-0.25, -0.2) is 9.78 Å². The molecule has 0 aromatic carbocycles. The van der Waals surface area contributed by atoms with E-state index in [2.05, 4.69) is 9.97 Å². The molecule has 1 spiro atoms. The molecule has 4 rings (SSSR count). The molecule has 1 aromatic rings. The molecule has 1 aliphatic carbocycles. The van der Waals surface area contributed by atoms with Crippen LogP contribution in [-0.4, -0.2) is 52.1 Å². The summed E-state index contributed by atoms with van der Waals surface area (Å²) in [5.41, 5.74) is 0.617. The van der Waals surface area contributed by atoms with Crippen molar-refractivity contribution in [2.45, 2.75) is 63.4 Å². The molecule has 0 bridgehead atoms. The van der Waals surface area contributed by atoms with Crippen LogP contribution in [-0.2, 0) is 9.53 Å². The zero-order chi connectivity index (χ0) is 18.1. The van der Waals surface area contributed by atoms with Crippen LogP contribution < -0.4 is 4.90 Å². The molecule has 2 amide bonds. The largest absolute Gasteiger partial charge is 0.441 e. The Labute approximate surface area is 153 Å². The molecule has 0 radical (unpaired) electrons. The Morgan fingerprint density at radius 3 is 2.50 bits per heavy atom. The highest BCUT2D eigenvalue weighted by Crippen LogP contribution is 2.38. The summed E-state index contributed by atoms with van der Waals surface area (Å²) in [5, 5.41) is 0. The molecule has 0 atom stereocenters. The standard InChI is InChI=1S/C19H26N4O3/c1-14(24)22-9-5-15(6-10-22)16-11-21-17(12-20-16)23-13-19(26-18(23)25)7-3-2-4-8-19/h11-12,15H,2-10,13H2,1H3. The van der Waals surface area contributed by atoms with Gasteiger partial charge in [-0.3, -0.25) is 14.7 Å². The first-order valence-corrected chi connectivity index (χ1v) is 9.64. The number of piperidine rings is 1. The third-order valence-electron chi connectivity index (χ3n) is 6.03. The number of hydrogen-bond donors (Lipinski definition) is 0. The van der Waals surface area contributed by atoms with Gasteiger partial charge in [-0.05, 0) is 38.5 Å². The SMILES string of the molecule is CC(=O)N1CCC(c2cnc(N3CC4(CCCCC4)OC3=O)cn2)CC1. The van der Waals surface area contributed by atoms with Crippen LogP contribution in [0.1, 0.15) is 63.5 Å². The van der Waals surface area contributed by atoms with E-state index in [0.717, 1.165) is 57.3 Å². The van der Waals surface area contributed by atoms with E-state index < -0.39 is 0 Å². The van der Waals surface area contributed by atoms with Gasteiger partial charge < -0.3 is 9.64 Å². The number of rotatable bonds is 2. The summed E-state index contributed by atoms with van der Waals surface area (Å²) in [5.74, 6) is 1.03. The van der Waals surface area contributed by atoms with Crippen molar-refractivity contribution in [3.63, 3.8) is 0 Å². The van der Waals surface area contributed by atoms with E-state index in [1.165, 1.54) is 6.42 Å². The van der Waals surface area contributed by atoms with Gasteiger partial charge in [0.1, 0.15) is 5.60 Å². The molecule has 26 heavy (non-hydrogen) atoms. The molecule has 3 aliphatic rings. The van der Waals surface area contributed by atoms with E-state index in [1.807, 2.05) is 4.90 Å². The predicted octanol–water partition coefficient (Wildman–Crippen LogP) is 2.86. The number of carbonyl (C=O) groups excluding carboxylic acids is 2. The summed E-state index contributed by atoms with van der Waals surface area (Å²) in [7, 11) is 0. The predicted molar refractivity (Wildman–Crippen MR) is 95.9 cm³/mol. The van der Waals surface area contributed by atoms with Gasteiger partial charge in [-0.1, -0.05) is 6.42 Å². The van der Waals surface area contributed by atoms with Crippen LogP contribution >= 0.6 is 0 Å². The maximum Gasteiger partial charge on any atom is 0.416 e. The lowest BCUT2D eigenvalue weighted by molar-refractivity contribution is -0.129. The Hall–Kier alpha value is -2.18.